The number of hydrogen-bond acceptors (Lipinski definition) is 3. The Balaban J connectivity index is 1.60. The van der Waals surface area contributed by atoms with Crippen molar-refractivity contribution >= 4 is 16.8 Å². The van der Waals surface area contributed by atoms with Crippen LogP contribution in [0.2, 0.25) is 0 Å². The number of aliphatic hydroxyl groups is 1. The number of amides is 1. The monoisotopic (exact) mass is 389 g/mol. The molecule has 1 unspecified atom stereocenters. The van der Waals surface area contributed by atoms with Gasteiger partial charge in [-0.1, -0.05) is 36.4 Å². The topological polar surface area (TPSA) is 78.0 Å². The molecule has 0 aliphatic heterocycles. The quantitative estimate of drug-likeness (QED) is 0.462. The van der Waals surface area contributed by atoms with Crippen LogP contribution in [0.1, 0.15) is 28.4 Å². The van der Waals surface area contributed by atoms with Crippen molar-refractivity contribution in [2.24, 2.45) is 0 Å². The highest BCUT2D eigenvalue weighted by Crippen LogP contribution is 2.25. The third-order valence-corrected chi connectivity index (χ3v) is 4.90. The molecule has 29 heavy (non-hydrogen) atoms. The lowest BCUT2D eigenvalue weighted by molar-refractivity contribution is 0.0929. The summed E-state index contributed by atoms with van der Waals surface area (Å²) in [5.41, 5.74) is 3.63. The summed E-state index contributed by atoms with van der Waals surface area (Å²) >= 11 is 0. The number of aromatic amines is 1. The lowest BCUT2D eigenvalue weighted by Gasteiger charge is -2.19. The van der Waals surface area contributed by atoms with Crippen LogP contribution in [0.3, 0.4) is 0 Å². The number of nitrogens with one attached hydrogen (secondary N) is 2. The van der Waals surface area contributed by atoms with Crippen molar-refractivity contribution in [3.63, 3.8) is 0 Å². The molecule has 1 atom stereocenters. The molecular formula is C23H20FN3O2. The number of aromatic nitrogens is 2. The van der Waals surface area contributed by atoms with Crippen molar-refractivity contribution in [2.75, 3.05) is 6.61 Å². The van der Waals surface area contributed by atoms with E-state index in [1.807, 2.05) is 30.3 Å². The standard InChI is InChI=1S/C23H20FN3O2/c24-20-7-2-1-6-19(20)22(10-11-28)26-23(29)17-5-3-4-15(12-17)16-8-9-21-18(13-16)14-25-27-21/h1-9,12-14,22,28H,10-11H2,(H,25,27)(H,26,29). The number of aliphatic hydroxyl groups excluding tert-OH is 1. The van der Waals surface area contributed by atoms with E-state index in [9.17, 15) is 14.3 Å². The molecule has 0 saturated carbocycles. The fraction of sp³-hybridized carbons (Fsp3) is 0.130. The van der Waals surface area contributed by atoms with Gasteiger partial charge in [0.2, 0.25) is 0 Å². The van der Waals surface area contributed by atoms with Crippen molar-refractivity contribution in [1.29, 1.82) is 0 Å². The van der Waals surface area contributed by atoms with E-state index >= 15 is 0 Å². The molecule has 3 N–H and O–H groups in total. The number of hydrogen-bond donors (Lipinski definition) is 3. The number of rotatable bonds is 6. The summed E-state index contributed by atoms with van der Waals surface area (Å²) in [6.07, 6.45) is 1.98. The van der Waals surface area contributed by atoms with E-state index in [4.69, 9.17) is 0 Å². The Labute approximate surface area is 167 Å². The van der Waals surface area contributed by atoms with Crippen molar-refractivity contribution in [2.45, 2.75) is 12.5 Å². The van der Waals surface area contributed by atoms with Crippen LogP contribution in [0.15, 0.2) is 72.9 Å². The molecule has 0 aliphatic rings. The van der Waals surface area contributed by atoms with Crippen molar-refractivity contribution in [1.82, 2.24) is 15.5 Å². The smallest absolute Gasteiger partial charge is 0.251 e. The number of H-pyrrole nitrogens is 1. The summed E-state index contributed by atoms with van der Waals surface area (Å²) in [6, 6.07) is 18.8. The van der Waals surface area contributed by atoms with Gasteiger partial charge in [0.25, 0.3) is 5.91 Å². The van der Waals surface area contributed by atoms with Gasteiger partial charge < -0.3 is 10.4 Å². The first-order valence-corrected chi connectivity index (χ1v) is 9.35. The van der Waals surface area contributed by atoms with E-state index in [1.165, 1.54) is 6.07 Å². The van der Waals surface area contributed by atoms with E-state index in [0.717, 1.165) is 22.0 Å². The van der Waals surface area contributed by atoms with E-state index in [-0.39, 0.29) is 18.9 Å². The second-order valence-electron chi connectivity index (χ2n) is 6.81. The number of carbonyl (C=O) groups is 1. The fourth-order valence-electron chi connectivity index (χ4n) is 3.40. The van der Waals surface area contributed by atoms with Gasteiger partial charge >= 0.3 is 0 Å². The largest absolute Gasteiger partial charge is 0.396 e. The summed E-state index contributed by atoms with van der Waals surface area (Å²) in [5, 5.41) is 20.1. The Bertz CT molecular complexity index is 1160. The average molecular weight is 389 g/mol. The Morgan fingerprint density at radius 2 is 1.90 bits per heavy atom. The maximum Gasteiger partial charge on any atom is 0.251 e. The van der Waals surface area contributed by atoms with Crippen LogP contribution in [0, 0.1) is 5.82 Å². The van der Waals surface area contributed by atoms with Crippen LogP contribution in [0.4, 0.5) is 4.39 Å². The molecule has 4 aromatic rings. The minimum atomic E-state index is -0.611. The highest BCUT2D eigenvalue weighted by Gasteiger charge is 2.18. The predicted octanol–water partition coefficient (Wildman–Crippen LogP) is 4.22. The van der Waals surface area contributed by atoms with E-state index < -0.39 is 11.9 Å². The first-order valence-electron chi connectivity index (χ1n) is 9.35. The number of halogens is 1. The summed E-state index contributed by atoms with van der Waals surface area (Å²) in [5.74, 6) is -0.730. The molecule has 1 heterocycles. The Hall–Kier alpha value is -3.51. The molecular weight excluding hydrogens is 369 g/mol. The average Bonchev–Trinajstić information content (AvgIpc) is 3.22. The maximum absolute atomic E-state index is 14.2. The van der Waals surface area contributed by atoms with E-state index in [0.29, 0.717) is 11.1 Å². The Morgan fingerprint density at radius 3 is 2.72 bits per heavy atom. The first kappa shape index (κ1) is 18.8. The van der Waals surface area contributed by atoms with Crippen LogP contribution in [0.5, 0.6) is 0 Å². The minimum Gasteiger partial charge on any atom is -0.396 e. The van der Waals surface area contributed by atoms with Gasteiger partial charge in [0.15, 0.2) is 0 Å². The third-order valence-electron chi connectivity index (χ3n) is 4.90. The summed E-state index contributed by atoms with van der Waals surface area (Å²) in [6.45, 7) is -0.163. The summed E-state index contributed by atoms with van der Waals surface area (Å²) in [7, 11) is 0. The molecule has 146 valence electrons. The maximum atomic E-state index is 14.2. The summed E-state index contributed by atoms with van der Waals surface area (Å²) in [4.78, 5) is 12.8. The molecule has 1 amide bonds. The van der Waals surface area contributed by atoms with Gasteiger partial charge in [0.1, 0.15) is 5.82 Å². The van der Waals surface area contributed by atoms with Gasteiger partial charge in [0, 0.05) is 23.1 Å². The normalized spacial score (nSPS) is 12.1. The zero-order valence-electron chi connectivity index (χ0n) is 15.6. The molecule has 4 rings (SSSR count). The minimum absolute atomic E-state index is 0.163. The SMILES string of the molecule is O=C(NC(CCO)c1ccccc1F)c1cccc(-c2ccc3[nH]ncc3c2)c1. The van der Waals surface area contributed by atoms with Crippen molar-refractivity contribution in [3.05, 3.63) is 89.9 Å². The van der Waals surface area contributed by atoms with Crippen LogP contribution in [0.25, 0.3) is 22.0 Å². The molecule has 0 aliphatic carbocycles. The van der Waals surface area contributed by atoms with Crippen LogP contribution >= 0.6 is 0 Å². The fourth-order valence-corrected chi connectivity index (χ4v) is 3.40. The molecule has 0 spiro atoms. The summed E-state index contributed by atoms with van der Waals surface area (Å²) < 4.78 is 14.2. The van der Waals surface area contributed by atoms with E-state index in [1.54, 1.807) is 36.5 Å². The van der Waals surface area contributed by atoms with Crippen LogP contribution in [-0.2, 0) is 0 Å². The van der Waals surface area contributed by atoms with Gasteiger partial charge in [-0.05, 0) is 47.9 Å². The van der Waals surface area contributed by atoms with Crippen molar-refractivity contribution < 1.29 is 14.3 Å². The molecule has 0 saturated heterocycles. The second-order valence-corrected chi connectivity index (χ2v) is 6.81. The second kappa shape index (κ2) is 8.24. The highest BCUT2D eigenvalue weighted by molar-refractivity contribution is 5.96. The lowest BCUT2D eigenvalue weighted by Crippen LogP contribution is -2.29. The number of fused-ring (bicyclic) bond motifs is 1. The Kier molecular flexibility index (Phi) is 5.35. The molecule has 0 bridgehead atoms. The van der Waals surface area contributed by atoms with Gasteiger partial charge in [0.05, 0.1) is 17.8 Å². The molecule has 3 aromatic carbocycles. The van der Waals surface area contributed by atoms with Gasteiger partial charge in [-0.25, -0.2) is 4.39 Å². The van der Waals surface area contributed by atoms with Gasteiger partial charge in [-0.2, -0.15) is 5.10 Å². The van der Waals surface area contributed by atoms with Gasteiger partial charge in [-0.15, -0.1) is 0 Å². The zero-order chi connectivity index (χ0) is 20.2. The Morgan fingerprint density at radius 1 is 1.07 bits per heavy atom. The number of benzene rings is 3. The molecule has 5 nitrogen and oxygen atoms in total. The number of carbonyl (C=O) groups excluding carboxylic acids is 1. The van der Waals surface area contributed by atoms with Gasteiger partial charge in [-0.3, -0.25) is 9.89 Å². The zero-order valence-corrected chi connectivity index (χ0v) is 15.6. The molecule has 1 aromatic heterocycles. The highest BCUT2D eigenvalue weighted by atomic mass is 19.1. The first-order chi connectivity index (χ1) is 14.2. The molecule has 6 heteroatoms. The molecule has 0 fully saturated rings. The third kappa shape index (κ3) is 4.02. The number of nitrogens with zero attached hydrogens (tertiary/aromatic N) is 1. The predicted molar refractivity (Wildman–Crippen MR) is 110 cm³/mol. The van der Waals surface area contributed by atoms with E-state index in [2.05, 4.69) is 15.5 Å². The van der Waals surface area contributed by atoms with Crippen LogP contribution < -0.4 is 5.32 Å². The van der Waals surface area contributed by atoms with Crippen molar-refractivity contribution in [3.8, 4) is 11.1 Å². The van der Waals surface area contributed by atoms with Crippen LogP contribution in [-0.4, -0.2) is 27.8 Å². The molecule has 0 radical (unpaired) electrons. The lowest BCUT2D eigenvalue weighted by atomic mass is 10.00.